The molecule has 2 rings (SSSR count). The predicted octanol–water partition coefficient (Wildman–Crippen LogP) is 1.90. The van der Waals surface area contributed by atoms with Crippen molar-refractivity contribution in [3.8, 4) is 0 Å². The number of hydrogen-bond donors (Lipinski definition) is 0. The highest BCUT2D eigenvalue weighted by molar-refractivity contribution is 4.97. The first-order valence-corrected chi connectivity index (χ1v) is 5.49. The highest BCUT2D eigenvalue weighted by Crippen LogP contribution is 2.47. The van der Waals surface area contributed by atoms with Crippen LogP contribution in [0.3, 0.4) is 0 Å². The van der Waals surface area contributed by atoms with E-state index in [1.165, 1.54) is 38.8 Å². The predicted molar refractivity (Wildman–Crippen MR) is 53.8 cm³/mol. The van der Waals surface area contributed by atoms with Gasteiger partial charge in [-0.05, 0) is 39.2 Å². The minimum Gasteiger partial charge on any atom is -0.384 e. The van der Waals surface area contributed by atoms with Crippen LogP contribution in [0.5, 0.6) is 0 Å². The molecule has 0 bridgehead atoms. The van der Waals surface area contributed by atoms with Gasteiger partial charge < -0.3 is 9.64 Å². The monoisotopic (exact) mass is 183 g/mol. The molecule has 0 amide bonds. The molecule has 0 spiro atoms. The zero-order valence-electron chi connectivity index (χ0n) is 8.88. The normalized spacial score (nSPS) is 32.3. The van der Waals surface area contributed by atoms with Crippen molar-refractivity contribution < 1.29 is 4.74 Å². The lowest BCUT2D eigenvalue weighted by molar-refractivity contribution is 0.106. The van der Waals surface area contributed by atoms with Crippen LogP contribution >= 0.6 is 0 Å². The van der Waals surface area contributed by atoms with E-state index in [2.05, 4.69) is 11.8 Å². The summed E-state index contributed by atoms with van der Waals surface area (Å²) < 4.78 is 5.29. The maximum absolute atomic E-state index is 5.29. The van der Waals surface area contributed by atoms with Crippen molar-refractivity contribution in [2.75, 3.05) is 26.8 Å². The number of rotatable bonds is 4. The molecule has 0 N–H and O–H groups in total. The Morgan fingerprint density at radius 2 is 2.23 bits per heavy atom. The van der Waals surface area contributed by atoms with Gasteiger partial charge in [-0.25, -0.2) is 0 Å². The molecule has 1 saturated carbocycles. The minimum atomic E-state index is 0.549. The summed E-state index contributed by atoms with van der Waals surface area (Å²) in [6.07, 6.45) is 5.54. The standard InChI is InChI=1S/C11H21NO/c1-10-4-3-7-12(10)8-11(5-6-11)9-13-2/h10H,3-9H2,1-2H3. The van der Waals surface area contributed by atoms with Crippen LogP contribution in [0, 0.1) is 5.41 Å². The van der Waals surface area contributed by atoms with Crippen molar-refractivity contribution in [3.05, 3.63) is 0 Å². The van der Waals surface area contributed by atoms with Crippen LogP contribution in [0.2, 0.25) is 0 Å². The SMILES string of the molecule is COCC1(CN2CCCC2C)CC1. The van der Waals surface area contributed by atoms with Crippen LogP contribution in [-0.2, 0) is 4.74 Å². The van der Waals surface area contributed by atoms with E-state index >= 15 is 0 Å². The molecule has 2 nitrogen and oxygen atoms in total. The van der Waals surface area contributed by atoms with Crippen molar-refractivity contribution in [2.24, 2.45) is 5.41 Å². The lowest BCUT2D eigenvalue weighted by Crippen LogP contribution is -2.34. The van der Waals surface area contributed by atoms with E-state index in [9.17, 15) is 0 Å². The van der Waals surface area contributed by atoms with Gasteiger partial charge in [0, 0.05) is 25.1 Å². The molecule has 1 saturated heterocycles. The maximum atomic E-state index is 5.29. The summed E-state index contributed by atoms with van der Waals surface area (Å²) >= 11 is 0. The van der Waals surface area contributed by atoms with E-state index in [1.54, 1.807) is 0 Å². The van der Waals surface area contributed by atoms with E-state index in [0.717, 1.165) is 12.6 Å². The van der Waals surface area contributed by atoms with Gasteiger partial charge in [-0.3, -0.25) is 0 Å². The van der Waals surface area contributed by atoms with Crippen LogP contribution in [0.1, 0.15) is 32.6 Å². The van der Waals surface area contributed by atoms with E-state index in [1.807, 2.05) is 7.11 Å². The maximum Gasteiger partial charge on any atom is 0.0530 e. The fourth-order valence-corrected chi connectivity index (χ4v) is 2.49. The largest absolute Gasteiger partial charge is 0.384 e. The van der Waals surface area contributed by atoms with Crippen LogP contribution in [0.25, 0.3) is 0 Å². The molecule has 76 valence electrons. The highest BCUT2D eigenvalue weighted by Gasteiger charge is 2.44. The fourth-order valence-electron chi connectivity index (χ4n) is 2.49. The number of methoxy groups -OCH3 is 1. The average molecular weight is 183 g/mol. The smallest absolute Gasteiger partial charge is 0.0530 e. The van der Waals surface area contributed by atoms with Gasteiger partial charge in [-0.2, -0.15) is 0 Å². The van der Waals surface area contributed by atoms with Crippen LogP contribution in [0.4, 0.5) is 0 Å². The molecule has 1 aliphatic heterocycles. The van der Waals surface area contributed by atoms with E-state index in [-0.39, 0.29) is 0 Å². The molecule has 1 aliphatic carbocycles. The second-order valence-electron chi connectivity index (χ2n) is 4.89. The molecule has 0 aromatic heterocycles. The summed E-state index contributed by atoms with van der Waals surface area (Å²) in [5.74, 6) is 0. The average Bonchev–Trinajstić information content (AvgIpc) is 2.73. The van der Waals surface area contributed by atoms with Gasteiger partial charge in [-0.15, -0.1) is 0 Å². The quantitative estimate of drug-likeness (QED) is 0.660. The molecule has 13 heavy (non-hydrogen) atoms. The first-order valence-electron chi connectivity index (χ1n) is 5.49. The zero-order chi connectivity index (χ0) is 9.31. The minimum absolute atomic E-state index is 0.549. The molecule has 1 unspecified atom stereocenters. The summed E-state index contributed by atoms with van der Waals surface area (Å²) in [5, 5.41) is 0. The van der Waals surface area contributed by atoms with E-state index < -0.39 is 0 Å². The van der Waals surface area contributed by atoms with Crippen molar-refractivity contribution >= 4 is 0 Å². The van der Waals surface area contributed by atoms with Gasteiger partial charge in [0.1, 0.15) is 0 Å². The topological polar surface area (TPSA) is 12.5 Å². The zero-order valence-corrected chi connectivity index (χ0v) is 8.88. The van der Waals surface area contributed by atoms with Crippen molar-refractivity contribution in [2.45, 2.75) is 38.6 Å². The summed E-state index contributed by atoms with van der Waals surface area (Å²) in [6.45, 7) is 5.92. The Labute approximate surface area is 81.3 Å². The first kappa shape index (κ1) is 9.47. The molecular formula is C11H21NO. The van der Waals surface area contributed by atoms with Gasteiger partial charge in [0.05, 0.1) is 6.61 Å². The molecule has 1 atom stereocenters. The second kappa shape index (κ2) is 3.58. The third-order valence-electron chi connectivity index (χ3n) is 3.64. The van der Waals surface area contributed by atoms with E-state index in [0.29, 0.717) is 5.41 Å². The third-order valence-corrected chi connectivity index (χ3v) is 3.64. The third kappa shape index (κ3) is 2.05. The molecule has 2 heteroatoms. The van der Waals surface area contributed by atoms with Crippen LogP contribution in [-0.4, -0.2) is 37.7 Å². The highest BCUT2D eigenvalue weighted by atomic mass is 16.5. The fraction of sp³-hybridized carbons (Fsp3) is 1.00. The second-order valence-corrected chi connectivity index (χ2v) is 4.89. The molecular weight excluding hydrogens is 162 g/mol. The molecule has 2 fully saturated rings. The Morgan fingerprint density at radius 3 is 2.69 bits per heavy atom. The van der Waals surface area contributed by atoms with E-state index in [4.69, 9.17) is 4.74 Å². The number of likely N-dealkylation sites (tertiary alicyclic amines) is 1. The number of nitrogens with zero attached hydrogens (tertiary/aromatic N) is 1. The van der Waals surface area contributed by atoms with Crippen molar-refractivity contribution in [3.63, 3.8) is 0 Å². The Hall–Kier alpha value is -0.0800. The lowest BCUT2D eigenvalue weighted by Gasteiger charge is -2.26. The van der Waals surface area contributed by atoms with Crippen LogP contribution < -0.4 is 0 Å². The summed E-state index contributed by atoms with van der Waals surface area (Å²) in [5.41, 5.74) is 0.549. The van der Waals surface area contributed by atoms with Crippen molar-refractivity contribution in [1.82, 2.24) is 4.90 Å². The van der Waals surface area contributed by atoms with Gasteiger partial charge >= 0.3 is 0 Å². The van der Waals surface area contributed by atoms with Gasteiger partial charge in [0.25, 0.3) is 0 Å². The summed E-state index contributed by atoms with van der Waals surface area (Å²) in [7, 11) is 1.83. The van der Waals surface area contributed by atoms with Crippen molar-refractivity contribution in [1.29, 1.82) is 0 Å². The van der Waals surface area contributed by atoms with Gasteiger partial charge in [-0.1, -0.05) is 0 Å². The molecule has 2 aliphatic rings. The molecule has 1 heterocycles. The lowest BCUT2D eigenvalue weighted by atomic mass is 10.1. The Kier molecular flexibility index (Phi) is 2.61. The molecule has 0 radical (unpaired) electrons. The van der Waals surface area contributed by atoms with Gasteiger partial charge in [0.2, 0.25) is 0 Å². The Balaban J connectivity index is 1.83. The van der Waals surface area contributed by atoms with Gasteiger partial charge in [0.15, 0.2) is 0 Å². The number of hydrogen-bond acceptors (Lipinski definition) is 2. The Morgan fingerprint density at radius 1 is 1.46 bits per heavy atom. The summed E-state index contributed by atoms with van der Waals surface area (Å²) in [4.78, 5) is 2.64. The molecule has 0 aromatic carbocycles. The first-order chi connectivity index (χ1) is 6.26. The Bertz CT molecular complexity index is 177. The summed E-state index contributed by atoms with van der Waals surface area (Å²) in [6, 6.07) is 0.814. The molecule has 0 aromatic rings. The van der Waals surface area contributed by atoms with Crippen LogP contribution in [0.15, 0.2) is 0 Å². The number of ether oxygens (including phenoxy) is 1.